The van der Waals surface area contributed by atoms with E-state index in [1.807, 2.05) is 0 Å². The highest BCUT2D eigenvalue weighted by atomic mass is 32.2. The lowest BCUT2D eigenvalue weighted by Crippen LogP contribution is -2.31. The van der Waals surface area contributed by atoms with E-state index in [9.17, 15) is 43.3 Å². The highest BCUT2D eigenvalue weighted by Crippen LogP contribution is 2.36. The normalized spacial score (nSPS) is 19.3. The predicted molar refractivity (Wildman–Crippen MR) is 122 cm³/mol. The maximum Gasteiger partial charge on any atom is 0.300 e. The van der Waals surface area contributed by atoms with Crippen molar-refractivity contribution in [1.29, 1.82) is 0 Å². The summed E-state index contributed by atoms with van der Waals surface area (Å²) in [6.45, 7) is 0. The molecule has 1 aromatic carbocycles. The number of nitro benzene ring substituents is 3. The molecule has 0 aromatic heterocycles. The molecule has 0 radical (unpaired) electrons. The average Bonchev–Trinajstić information content (AvgIpc) is 2.66. The molecule has 0 aliphatic heterocycles. The van der Waals surface area contributed by atoms with E-state index in [1.165, 1.54) is 38.5 Å². The molecule has 180 valence electrons. The van der Waals surface area contributed by atoms with E-state index in [0.717, 1.165) is 10.5 Å². The highest BCUT2D eigenvalue weighted by Gasteiger charge is 2.34. The third-order valence-corrected chi connectivity index (χ3v) is 8.97. The Balaban J connectivity index is 0.000000343. The van der Waals surface area contributed by atoms with E-state index >= 15 is 0 Å². The molecule has 0 bridgehead atoms. The van der Waals surface area contributed by atoms with Gasteiger partial charge in [0, 0.05) is 0 Å². The Hall–Kier alpha value is -1.97. The molecule has 0 N–H and O–H groups in total. The fraction of sp³-hybridized carbons (Fsp3) is 0.647. The molecule has 1 saturated carbocycles. The van der Waals surface area contributed by atoms with Crippen LogP contribution in [-0.4, -0.2) is 57.0 Å². The van der Waals surface area contributed by atoms with Crippen LogP contribution in [0.4, 0.5) is 17.1 Å². The summed E-state index contributed by atoms with van der Waals surface area (Å²) < 4.78 is 32.5. The molecule has 1 fully saturated rings. The Bertz CT molecular complexity index is 919. The minimum Gasteiger partial charge on any atom is -0.744 e. The molecule has 1 aliphatic rings. The van der Waals surface area contributed by atoms with Gasteiger partial charge in [-0.15, -0.1) is 0 Å². The fourth-order valence-corrected chi connectivity index (χ4v) is 7.44. The Morgan fingerprint density at radius 2 is 1.38 bits per heavy atom. The van der Waals surface area contributed by atoms with Gasteiger partial charge in [0.1, 0.15) is 15.4 Å². The summed E-state index contributed by atoms with van der Waals surface area (Å²) in [6, 6.07) is 0.329. The number of non-ortho nitro benzene ring substituents is 1. The van der Waals surface area contributed by atoms with Crippen LogP contribution in [-0.2, 0) is 21.0 Å². The average molecular weight is 512 g/mol. The van der Waals surface area contributed by atoms with E-state index in [1.54, 1.807) is 0 Å². The molecule has 12 nitrogen and oxygen atoms in total. The molecule has 0 heterocycles. The topological polar surface area (TPSA) is 187 Å². The summed E-state index contributed by atoms with van der Waals surface area (Å²) in [5.41, 5.74) is -4.11. The summed E-state index contributed by atoms with van der Waals surface area (Å²) in [4.78, 5) is 25.8. The van der Waals surface area contributed by atoms with Crippen molar-refractivity contribution in [1.82, 2.24) is 0 Å². The first-order valence-corrected chi connectivity index (χ1v) is 14.3. The molecule has 1 aromatic rings. The van der Waals surface area contributed by atoms with Gasteiger partial charge >= 0.3 is 11.4 Å². The lowest BCUT2D eigenvalue weighted by molar-refractivity contribution is -0.407. The third kappa shape index (κ3) is 7.86. The van der Waals surface area contributed by atoms with Crippen LogP contribution in [0.15, 0.2) is 17.0 Å². The monoisotopic (exact) mass is 511 g/mol. The van der Waals surface area contributed by atoms with Crippen molar-refractivity contribution in [2.45, 2.75) is 53.9 Å². The zero-order valence-electron chi connectivity index (χ0n) is 17.8. The van der Waals surface area contributed by atoms with Gasteiger partial charge in [0.2, 0.25) is 4.90 Å². The van der Waals surface area contributed by atoms with Gasteiger partial charge in [0.15, 0.2) is 0 Å². The first-order chi connectivity index (χ1) is 14.8. The first kappa shape index (κ1) is 28.1. The van der Waals surface area contributed by atoms with Crippen LogP contribution in [0.1, 0.15) is 38.5 Å². The van der Waals surface area contributed by atoms with Crippen molar-refractivity contribution in [2.24, 2.45) is 0 Å². The van der Waals surface area contributed by atoms with Gasteiger partial charge in [-0.05, 0) is 36.4 Å². The van der Waals surface area contributed by atoms with E-state index in [0.29, 0.717) is 10.9 Å². The Kier molecular flexibility index (Phi) is 10.8. The molecule has 2 rings (SSSR count). The van der Waals surface area contributed by atoms with Crippen molar-refractivity contribution in [3.63, 3.8) is 0 Å². The van der Waals surface area contributed by atoms with E-state index in [2.05, 4.69) is 30.5 Å². The Labute approximate surface area is 192 Å². The molecular weight excluding hydrogens is 486 g/mol. The van der Waals surface area contributed by atoms with Crippen LogP contribution < -0.4 is 0 Å². The van der Waals surface area contributed by atoms with Gasteiger partial charge in [-0.1, -0.05) is 19.3 Å². The smallest absolute Gasteiger partial charge is 0.300 e. The van der Waals surface area contributed by atoms with Crippen molar-refractivity contribution in [3.05, 3.63) is 42.5 Å². The highest BCUT2D eigenvalue weighted by molar-refractivity contribution is 8.01. The van der Waals surface area contributed by atoms with Crippen molar-refractivity contribution < 1.29 is 27.7 Å². The molecule has 0 saturated heterocycles. The second-order valence-corrected chi connectivity index (χ2v) is 12.0. The lowest BCUT2D eigenvalue weighted by atomic mass is 10.00. The molecule has 15 heteroatoms. The second kappa shape index (κ2) is 12.3. The number of nitro groups is 3. The molecule has 32 heavy (non-hydrogen) atoms. The second-order valence-electron chi connectivity index (χ2n) is 7.22. The fourth-order valence-electron chi connectivity index (χ4n) is 3.44. The summed E-state index contributed by atoms with van der Waals surface area (Å²) in [6.07, 6.45) is 16.0. The minimum atomic E-state index is -5.55. The number of nitrogens with zero attached hydrogens (tertiary/aromatic N) is 3. The van der Waals surface area contributed by atoms with Crippen LogP contribution in [0.2, 0.25) is 0 Å². The number of thioether (sulfide) groups is 1. The quantitative estimate of drug-likeness (QED) is 0.236. The summed E-state index contributed by atoms with van der Waals surface area (Å²) >= 11 is 2.11. The zero-order valence-corrected chi connectivity index (χ0v) is 20.2. The number of hydrogen-bond donors (Lipinski definition) is 0. The van der Waals surface area contributed by atoms with E-state index in [4.69, 9.17) is 0 Å². The molecule has 1 aliphatic carbocycles. The molecular formula is C17H25N3O9S3. The van der Waals surface area contributed by atoms with Gasteiger partial charge in [-0.25, -0.2) is 8.42 Å². The van der Waals surface area contributed by atoms with Crippen LogP contribution in [0.3, 0.4) is 0 Å². The minimum absolute atomic E-state index is 0.164. The summed E-state index contributed by atoms with van der Waals surface area (Å²) in [7, 11) is -4.92. The van der Waals surface area contributed by atoms with Gasteiger partial charge < -0.3 is 4.55 Å². The Morgan fingerprint density at radius 1 is 0.906 bits per heavy atom. The lowest BCUT2D eigenvalue weighted by Gasteiger charge is -2.25. The van der Waals surface area contributed by atoms with Crippen molar-refractivity contribution in [3.8, 4) is 0 Å². The van der Waals surface area contributed by atoms with Crippen molar-refractivity contribution in [2.75, 3.05) is 18.8 Å². The summed E-state index contributed by atoms with van der Waals surface area (Å²) in [5.74, 6) is 0. The first-order valence-electron chi connectivity index (χ1n) is 9.47. The molecule has 2 atom stereocenters. The van der Waals surface area contributed by atoms with E-state index < -0.39 is 46.8 Å². The van der Waals surface area contributed by atoms with Crippen LogP contribution in [0.25, 0.3) is 0 Å². The van der Waals surface area contributed by atoms with Crippen LogP contribution in [0, 0.1) is 30.3 Å². The predicted octanol–water partition coefficient (Wildman–Crippen LogP) is 3.63. The van der Waals surface area contributed by atoms with Gasteiger partial charge in [0.25, 0.3) is 5.69 Å². The number of rotatable bonds is 6. The number of hydrogen-bond acceptors (Lipinski definition) is 10. The van der Waals surface area contributed by atoms with Crippen LogP contribution in [0.5, 0.6) is 0 Å². The van der Waals surface area contributed by atoms with Gasteiger partial charge in [0.05, 0.1) is 44.7 Å². The van der Waals surface area contributed by atoms with Crippen LogP contribution >= 0.6 is 11.8 Å². The molecule has 0 amide bonds. The SMILES string of the molecule is CSC1CCCCCCC1[S+](C)C.O=[N+]([O-])c1cc([N+](=O)[O-])c(S(=O)(=O)[O-])c([N+](=O)[O-])c1. The van der Waals surface area contributed by atoms with Crippen molar-refractivity contribution >= 4 is 49.8 Å². The van der Waals surface area contributed by atoms with Gasteiger partial charge in [-0.2, -0.15) is 11.8 Å². The number of benzene rings is 1. The molecule has 2 unspecified atom stereocenters. The van der Waals surface area contributed by atoms with E-state index in [-0.39, 0.29) is 12.1 Å². The maximum atomic E-state index is 10.8. The largest absolute Gasteiger partial charge is 0.744 e. The molecule has 0 spiro atoms. The van der Waals surface area contributed by atoms with Gasteiger partial charge in [-0.3, -0.25) is 30.3 Å². The zero-order chi connectivity index (χ0) is 24.6. The third-order valence-electron chi connectivity index (χ3n) is 4.94. The Morgan fingerprint density at radius 3 is 1.72 bits per heavy atom. The maximum absolute atomic E-state index is 10.8. The summed E-state index contributed by atoms with van der Waals surface area (Å²) in [5, 5.41) is 33.6. The standard InChI is InChI=1S/C11H23S2.C6H3N3O9S/c1-12-10-8-6-4-5-7-9-11(10)13(2)3;10-7(11)3-1-4(8(12)13)6(19(16,17)18)5(2-3)9(14)15/h10-11H,4-9H2,1-3H3;1-2H,(H,16,17,18)/q+1;/p-1.